The maximum Gasteiger partial charge on any atom is -0.00603 e. The van der Waals surface area contributed by atoms with Crippen LogP contribution in [0, 0.1) is 0 Å². The topological polar surface area (TPSA) is 0 Å². The van der Waals surface area contributed by atoms with Crippen LogP contribution in [0.2, 0.25) is 0 Å². The maximum absolute atomic E-state index is 2.47. The zero-order chi connectivity index (χ0) is 27.6. The number of hydrogen-bond acceptors (Lipinski definition) is 0. The smallest absolute Gasteiger partial charge is 0.00603 e. The molecule has 8 aromatic rings. The summed E-state index contributed by atoms with van der Waals surface area (Å²) in [5.74, 6) is 0. The van der Waals surface area contributed by atoms with Crippen molar-refractivity contribution >= 4 is 59.9 Å². The first kappa shape index (κ1) is 23.5. The third-order valence-corrected chi connectivity index (χ3v) is 9.28. The number of rotatable bonds is 2. The summed E-state index contributed by atoms with van der Waals surface area (Å²) in [7, 11) is 0. The Labute approximate surface area is 245 Å². The minimum atomic E-state index is 1.06. The summed E-state index contributed by atoms with van der Waals surface area (Å²) in [5, 5.41) is 13.3. The lowest BCUT2D eigenvalue weighted by Gasteiger charge is -2.22. The standard InChI is InChI=1S/C42H28/c1-2-15-30-29(12-1)25-39(34-19-5-3-16-31(30)34)27-13-11-14-28(24-27)40-26-41-35-20-6-4-17-32(35)33-18-7-9-22-37(33)42(41)38-23-10-8-21-36(38)40/h1-9,11-22,24-26H,10,23H2. The molecule has 0 bridgehead atoms. The van der Waals surface area contributed by atoms with Crippen molar-refractivity contribution in [1.29, 1.82) is 0 Å². The molecule has 8 aromatic carbocycles. The SMILES string of the molecule is C1=Cc2c(-c3cccc(-c4cc5ccccc5c5ccccc45)c3)cc3c4ccccc4c4ccccc4c3c2CC1. The molecule has 0 atom stereocenters. The van der Waals surface area contributed by atoms with Crippen LogP contribution >= 0.6 is 0 Å². The molecule has 1 aliphatic carbocycles. The summed E-state index contributed by atoms with van der Waals surface area (Å²) in [5.41, 5.74) is 7.98. The van der Waals surface area contributed by atoms with Crippen LogP contribution < -0.4 is 0 Å². The molecule has 196 valence electrons. The highest BCUT2D eigenvalue weighted by molar-refractivity contribution is 6.27. The lowest BCUT2D eigenvalue weighted by Crippen LogP contribution is -2.00. The van der Waals surface area contributed by atoms with Gasteiger partial charge in [-0.25, -0.2) is 0 Å². The quantitative estimate of drug-likeness (QED) is 0.194. The summed E-state index contributed by atoms with van der Waals surface area (Å²) in [4.78, 5) is 0. The molecule has 0 aromatic heterocycles. The van der Waals surface area contributed by atoms with E-state index in [1.165, 1.54) is 87.2 Å². The molecule has 0 saturated heterocycles. The Kier molecular flexibility index (Phi) is 5.12. The van der Waals surface area contributed by atoms with Gasteiger partial charge in [0.25, 0.3) is 0 Å². The van der Waals surface area contributed by atoms with Gasteiger partial charge in [0.15, 0.2) is 0 Å². The Morgan fingerprint density at radius 2 is 0.976 bits per heavy atom. The van der Waals surface area contributed by atoms with Crippen LogP contribution in [0.5, 0.6) is 0 Å². The average molecular weight is 533 g/mol. The van der Waals surface area contributed by atoms with E-state index in [0.29, 0.717) is 0 Å². The molecule has 0 radical (unpaired) electrons. The van der Waals surface area contributed by atoms with E-state index in [2.05, 4.69) is 146 Å². The molecule has 0 aliphatic heterocycles. The number of hydrogen-bond donors (Lipinski definition) is 0. The average Bonchev–Trinajstić information content (AvgIpc) is 3.07. The lowest BCUT2D eigenvalue weighted by molar-refractivity contribution is 0.999. The first-order chi connectivity index (χ1) is 20.8. The summed E-state index contributed by atoms with van der Waals surface area (Å²) >= 11 is 0. The lowest BCUT2D eigenvalue weighted by atomic mass is 9.82. The Bertz CT molecular complexity index is 2400. The van der Waals surface area contributed by atoms with Crippen molar-refractivity contribution in [3.63, 3.8) is 0 Å². The third-order valence-electron chi connectivity index (χ3n) is 9.28. The van der Waals surface area contributed by atoms with E-state index in [1.54, 1.807) is 0 Å². The van der Waals surface area contributed by atoms with Crippen molar-refractivity contribution in [2.45, 2.75) is 12.8 Å². The van der Waals surface area contributed by atoms with E-state index in [1.807, 2.05) is 0 Å². The summed E-state index contributed by atoms with van der Waals surface area (Å²) in [6.45, 7) is 0. The molecule has 0 heterocycles. The van der Waals surface area contributed by atoms with Gasteiger partial charge in [0.2, 0.25) is 0 Å². The Morgan fingerprint density at radius 1 is 0.405 bits per heavy atom. The molecular weight excluding hydrogens is 504 g/mol. The minimum absolute atomic E-state index is 1.06. The molecular formula is C42H28. The van der Waals surface area contributed by atoms with Gasteiger partial charge in [0.05, 0.1) is 0 Å². The molecule has 0 spiro atoms. The fourth-order valence-electron chi connectivity index (χ4n) is 7.43. The highest BCUT2D eigenvalue weighted by Crippen LogP contribution is 2.44. The summed E-state index contributed by atoms with van der Waals surface area (Å²) in [6.07, 6.45) is 6.86. The van der Waals surface area contributed by atoms with Crippen molar-refractivity contribution in [3.8, 4) is 22.3 Å². The van der Waals surface area contributed by atoms with Gasteiger partial charge in [-0.1, -0.05) is 127 Å². The first-order valence-corrected chi connectivity index (χ1v) is 14.9. The van der Waals surface area contributed by atoms with E-state index < -0.39 is 0 Å². The molecule has 1 aliphatic rings. The molecule has 0 unspecified atom stereocenters. The van der Waals surface area contributed by atoms with Crippen LogP contribution in [0.1, 0.15) is 17.5 Å². The van der Waals surface area contributed by atoms with Crippen molar-refractivity contribution in [3.05, 3.63) is 151 Å². The molecule has 0 heteroatoms. The van der Waals surface area contributed by atoms with Gasteiger partial charge in [-0.15, -0.1) is 0 Å². The molecule has 0 N–H and O–H groups in total. The molecule has 0 nitrogen and oxygen atoms in total. The molecule has 0 fully saturated rings. The molecule has 42 heavy (non-hydrogen) atoms. The Morgan fingerprint density at radius 3 is 1.74 bits per heavy atom. The van der Waals surface area contributed by atoms with E-state index in [4.69, 9.17) is 0 Å². The van der Waals surface area contributed by atoms with Gasteiger partial charge in [-0.3, -0.25) is 0 Å². The van der Waals surface area contributed by atoms with Crippen LogP contribution in [0.4, 0.5) is 0 Å². The van der Waals surface area contributed by atoms with Crippen LogP contribution in [0.25, 0.3) is 82.2 Å². The van der Waals surface area contributed by atoms with E-state index in [9.17, 15) is 0 Å². The number of aryl methyl sites for hydroxylation is 1. The van der Waals surface area contributed by atoms with Gasteiger partial charge in [0.1, 0.15) is 0 Å². The maximum atomic E-state index is 2.47. The zero-order valence-corrected chi connectivity index (χ0v) is 23.3. The van der Waals surface area contributed by atoms with Crippen LogP contribution in [0.3, 0.4) is 0 Å². The van der Waals surface area contributed by atoms with Crippen molar-refractivity contribution in [2.75, 3.05) is 0 Å². The van der Waals surface area contributed by atoms with Gasteiger partial charge >= 0.3 is 0 Å². The predicted octanol–water partition coefficient (Wildman–Crippen LogP) is 11.7. The summed E-state index contributed by atoms with van der Waals surface area (Å²) in [6, 6.07) is 49.5. The molecule has 0 saturated carbocycles. The zero-order valence-electron chi connectivity index (χ0n) is 23.3. The monoisotopic (exact) mass is 532 g/mol. The van der Waals surface area contributed by atoms with Crippen molar-refractivity contribution < 1.29 is 0 Å². The largest absolute Gasteiger partial charge is 0.0836 e. The Hall–Kier alpha value is -5.20. The number of benzene rings is 8. The van der Waals surface area contributed by atoms with E-state index >= 15 is 0 Å². The van der Waals surface area contributed by atoms with Crippen molar-refractivity contribution in [1.82, 2.24) is 0 Å². The molecule has 9 rings (SSSR count). The van der Waals surface area contributed by atoms with Crippen molar-refractivity contribution in [2.24, 2.45) is 0 Å². The predicted molar refractivity (Wildman–Crippen MR) is 182 cm³/mol. The number of fused-ring (bicyclic) bond motifs is 11. The highest BCUT2D eigenvalue weighted by Gasteiger charge is 2.20. The highest BCUT2D eigenvalue weighted by atomic mass is 14.2. The first-order valence-electron chi connectivity index (χ1n) is 14.9. The van der Waals surface area contributed by atoms with Gasteiger partial charge in [-0.2, -0.15) is 0 Å². The van der Waals surface area contributed by atoms with Crippen LogP contribution in [-0.2, 0) is 6.42 Å². The van der Waals surface area contributed by atoms with Crippen LogP contribution in [0.15, 0.2) is 140 Å². The van der Waals surface area contributed by atoms with E-state index in [-0.39, 0.29) is 0 Å². The van der Waals surface area contributed by atoms with Gasteiger partial charge < -0.3 is 0 Å². The second-order valence-corrected chi connectivity index (χ2v) is 11.5. The third kappa shape index (κ3) is 3.42. The second kappa shape index (κ2) is 9.16. The number of allylic oxidation sites excluding steroid dienone is 1. The van der Waals surface area contributed by atoms with Gasteiger partial charge in [0, 0.05) is 0 Å². The van der Waals surface area contributed by atoms with Gasteiger partial charge in [-0.05, 0) is 118 Å². The molecule has 0 amide bonds. The normalized spacial score (nSPS) is 13.0. The Balaban J connectivity index is 1.35. The second-order valence-electron chi connectivity index (χ2n) is 11.5. The summed E-state index contributed by atoms with van der Waals surface area (Å²) < 4.78 is 0. The van der Waals surface area contributed by atoms with E-state index in [0.717, 1.165) is 12.8 Å². The fraction of sp³-hybridized carbons (Fsp3) is 0.0476. The van der Waals surface area contributed by atoms with Crippen LogP contribution in [-0.4, -0.2) is 0 Å². The minimum Gasteiger partial charge on any atom is -0.0836 e. The fourth-order valence-corrected chi connectivity index (χ4v) is 7.43.